The smallest absolute Gasteiger partial charge is 0.266 e. The molecule has 0 atom stereocenters. The standard InChI is InChI=1S/C18H18ClN3O/c1-4-22-12(2)8-14(13(22)3)9-15(11-20)18(23)21-17-7-5-6-16(19)10-17/h5-10H,4H2,1-3H3,(H,21,23)/b15-9-. The van der Waals surface area contributed by atoms with Gasteiger partial charge in [-0.25, -0.2) is 0 Å². The number of aromatic nitrogens is 1. The lowest BCUT2D eigenvalue weighted by atomic mass is 10.1. The van der Waals surface area contributed by atoms with E-state index in [4.69, 9.17) is 11.6 Å². The molecule has 4 nitrogen and oxygen atoms in total. The number of aryl methyl sites for hydroxylation is 1. The molecule has 0 fully saturated rings. The number of nitrogens with one attached hydrogen (secondary N) is 1. The second-order valence-corrected chi connectivity index (χ2v) is 5.64. The molecule has 5 heteroatoms. The van der Waals surface area contributed by atoms with Crippen LogP contribution in [0.2, 0.25) is 5.02 Å². The Bertz CT molecular complexity index is 812. The van der Waals surface area contributed by atoms with Crippen LogP contribution in [0.1, 0.15) is 23.9 Å². The van der Waals surface area contributed by atoms with Gasteiger partial charge >= 0.3 is 0 Å². The van der Waals surface area contributed by atoms with Gasteiger partial charge in [0.15, 0.2) is 0 Å². The summed E-state index contributed by atoms with van der Waals surface area (Å²) in [6, 6.07) is 10.8. The largest absolute Gasteiger partial charge is 0.349 e. The Morgan fingerprint density at radius 1 is 1.39 bits per heavy atom. The number of nitrogens with zero attached hydrogens (tertiary/aromatic N) is 2. The topological polar surface area (TPSA) is 57.8 Å². The first-order valence-electron chi connectivity index (χ1n) is 7.31. The van der Waals surface area contributed by atoms with Crippen molar-refractivity contribution in [2.75, 3.05) is 5.32 Å². The van der Waals surface area contributed by atoms with E-state index >= 15 is 0 Å². The summed E-state index contributed by atoms with van der Waals surface area (Å²) in [6.07, 6.45) is 1.62. The van der Waals surface area contributed by atoms with E-state index < -0.39 is 5.91 Å². The molecule has 0 aliphatic heterocycles. The highest BCUT2D eigenvalue weighted by Crippen LogP contribution is 2.19. The normalized spacial score (nSPS) is 11.2. The lowest BCUT2D eigenvalue weighted by molar-refractivity contribution is -0.112. The molecule has 2 aromatic rings. The molecule has 1 heterocycles. The molecule has 1 amide bonds. The van der Waals surface area contributed by atoms with Crippen molar-refractivity contribution in [3.63, 3.8) is 0 Å². The van der Waals surface area contributed by atoms with Gasteiger partial charge in [-0.1, -0.05) is 17.7 Å². The van der Waals surface area contributed by atoms with Gasteiger partial charge in [0.2, 0.25) is 0 Å². The minimum Gasteiger partial charge on any atom is -0.349 e. The Kier molecular flexibility index (Phi) is 5.25. The summed E-state index contributed by atoms with van der Waals surface area (Å²) in [7, 11) is 0. The molecular weight excluding hydrogens is 310 g/mol. The van der Waals surface area contributed by atoms with E-state index in [0.29, 0.717) is 10.7 Å². The fraction of sp³-hybridized carbons (Fsp3) is 0.222. The number of hydrogen-bond donors (Lipinski definition) is 1. The SMILES string of the molecule is CCn1c(C)cc(/C=C(/C#N)C(=O)Nc2cccc(Cl)c2)c1C. The van der Waals surface area contributed by atoms with E-state index in [1.165, 1.54) is 0 Å². The molecule has 0 saturated heterocycles. The zero-order valence-corrected chi connectivity index (χ0v) is 14.1. The van der Waals surface area contributed by atoms with E-state index in [0.717, 1.165) is 23.5 Å². The molecule has 0 aliphatic carbocycles. The molecular formula is C18H18ClN3O. The molecule has 1 aromatic heterocycles. The second kappa shape index (κ2) is 7.17. The van der Waals surface area contributed by atoms with Gasteiger partial charge in [-0.05, 0) is 56.7 Å². The van der Waals surface area contributed by atoms with Crippen molar-refractivity contribution in [2.24, 2.45) is 0 Å². The van der Waals surface area contributed by atoms with Crippen molar-refractivity contribution in [3.8, 4) is 6.07 Å². The highest BCUT2D eigenvalue weighted by molar-refractivity contribution is 6.31. The summed E-state index contributed by atoms with van der Waals surface area (Å²) < 4.78 is 2.13. The summed E-state index contributed by atoms with van der Waals surface area (Å²) in [5, 5.41) is 12.5. The van der Waals surface area contributed by atoms with E-state index in [9.17, 15) is 10.1 Å². The molecule has 0 aliphatic rings. The molecule has 0 bridgehead atoms. The lowest BCUT2D eigenvalue weighted by Gasteiger charge is -2.06. The predicted molar refractivity (Wildman–Crippen MR) is 93.3 cm³/mol. The van der Waals surface area contributed by atoms with Crippen LogP contribution in [-0.2, 0) is 11.3 Å². The molecule has 0 radical (unpaired) electrons. The third kappa shape index (κ3) is 3.82. The molecule has 0 saturated carbocycles. The number of benzene rings is 1. The maximum atomic E-state index is 12.3. The van der Waals surface area contributed by atoms with E-state index in [-0.39, 0.29) is 5.57 Å². The number of carbonyl (C=O) groups excluding carboxylic acids is 1. The second-order valence-electron chi connectivity index (χ2n) is 5.21. The van der Waals surface area contributed by atoms with Gasteiger partial charge in [-0.2, -0.15) is 5.26 Å². The average molecular weight is 328 g/mol. The number of hydrogen-bond acceptors (Lipinski definition) is 2. The number of carbonyl (C=O) groups is 1. The lowest BCUT2D eigenvalue weighted by Crippen LogP contribution is -2.13. The molecule has 23 heavy (non-hydrogen) atoms. The highest BCUT2D eigenvalue weighted by Gasteiger charge is 2.12. The molecule has 0 spiro atoms. The van der Waals surface area contributed by atoms with Gasteiger partial charge in [0.25, 0.3) is 5.91 Å². The summed E-state index contributed by atoms with van der Waals surface area (Å²) in [5.74, 6) is -0.448. The monoisotopic (exact) mass is 327 g/mol. The number of nitriles is 1. The van der Waals surface area contributed by atoms with Crippen LogP contribution < -0.4 is 5.32 Å². The zero-order chi connectivity index (χ0) is 17.0. The van der Waals surface area contributed by atoms with Gasteiger partial charge in [-0.3, -0.25) is 4.79 Å². The third-order valence-electron chi connectivity index (χ3n) is 3.68. The van der Waals surface area contributed by atoms with Gasteiger partial charge in [0.1, 0.15) is 11.6 Å². The van der Waals surface area contributed by atoms with Crippen LogP contribution in [0.25, 0.3) is 6.08 Å². The van der Waals surface area contributed by atoms with Crippen molar-refractivity contribution in [1.82, 2.24) is 4.57 Å². The van der Waals surface area contributed by atoms with Gasteiger partial charge in [-0.15, -0.1) is 0 Å². The van der Waals surface area contributed by atoms with Crippen LogP contribution in [-0.4, -0.2) is 10.5 Å². The van der Waals surface area contributed by atoms with Crippen LogP contribution in [0.5, 0.6) is 0 Å². The van der Waals surface area contributed by atoms with Crippen molar-refractivity contribution < 1.29 is 4.79 Å². The Morgan fingerprint density at radius 2 is 2.13 bits per heavy atom. The van der Waals surface area contributed by atoms with Crippen molar-refractivity contribution >= 4 is 29.3 Å². The van der Waals surface area contributed by atoms with Crippen molar-refractivity contribution in [3.05, 3.63) is 57.9 Å². The Balaban J connectivity index is 2.29. The minimum absolute atomic E-state index is 0.0568. The summed E-state index contributed by atoms with van der Waals surface area (Å²) in [5.41, 5.74) is 3.63. The molecule has 1 aromatic carbocycles. The van der Waals surface area contributed by atoms with Gasteiger partial charge in [0.05, 0.1) is 0 Å². The number of halogens is 1. The van der Waals surface area contributed by atoms with Crippen LogP contribution >= 0.6 is 11.6 Å². The molecule has 0 unspecified atom stereocenters. The highest BCUT2D eigenvalue weighted by atomic mass is 35.5. The van der Waals surface area contributed by atoms with E-state index in [2.05, 4.69) is 16.8 Å². The Morgan fingerprint density at radius 3 is 2.70 bits per heavy atom. The maximum Gasteiger partial charge on any atom is 0.266 e. The van der Waals surface area contributed by atoms with E-state index in [1.807, 2.05) is 26.0 Å². The first-order chi connectivity index (χ1) is 11.0. The average Bonchev–Trinajstić information content (AvgIpc) is 2.78. The number of amides is 1. The fourth-order valence-electron chi connectivity index (χ4n) is 2.53. The fourth-order valence-corrected chi connectivity index (χ4v) is 2.72. The van der Waals surface area contributed by atoms with Crippen LogP contribution in [0.3, 0.4) is 0 Å². The molecule has 118 valence electrons. The first kappa shape index (κ1) is 16.9. The van der Waals surface area contributed by atoms with Crippen LogP contribution in [0.15, 0.2) is 35.9 Å². The van der Waals surface area contributed by atoms with Crippen molar-refractivity contribution in [1.29, 1.82) is 5.26 Å². The third-order valence-corrected chi connectivity index (χ3v) is 3.91. The van der Waals surface area contributed by atoms with Gasteiger partial charge in [0, 0.05) is 28.6 Å². The molecule has 1 N–H and O–H groups in total. The number of rotatable bonds is 4. The van der Waals surface area contributed by atoms with Gasteiger partial charge < -0.3 is 9.88 Å². The Labute approximate surface area is 141 Å². The Hall–Kier alpha value is -2.51. The number of anilines is 1. The predicted octanol–water partition coefficient (Wildman–Crippen LogP) is 4.32. The summed E-state index contributed by atoms with van der Waals surface area (Å²) in [4.78, 5) is 12.3. The van der Waals surface area contributed by atoms with E-state index in [1.54, 1.807) is 30.3 Å². The minimum atomic E-state index is -0.448. The maximum absolute atomic E-state index is 12.3. The first-order valence-corrected chi connectivity index (χ1v) is 7.69. The van der Waals surface area contributed by atoms with Crippen molar-refractivity contribution in [2.45, 2.75) is 27.3 Å². The quantitative estimate of drug-likeness (QED) is 0.671. The summed E-state index contributed by atoms with van der Waals surface area (Å²) in [6.45, 7) is 6.89. The summed E-state index contributed by atoms with van der Waals surface area (Å²) >= 11 is 5.89. The van der Waals surface area contributed by atoms with Crippen LogP contribution in [0, 0.1) is 25.2 Å². The zero-order valence-electron chi connectivity index (χ0n) is 13.4. The van der Waals surface area contributed by atoms with Crippen LogP contribution in [0.4, 0.5) is 5.69 Å². The molecule has 2 rings (SSSR count).